The largest absolute Gasteiger partial charge is 0.497 e. The van der Waals surface area contributed by atoms with Crippen molar-refractivity contribution >= 4 is 38.8 Å². The third kappa shape index (κ3) is 8.70. The Morgan fingerprint density at radius 2 is 1.66 bits per heavy atom. The monoisotopic (exact) mass is 702 g/mol. The lowest BCUT2D eigenvalue weighted by Gasteiger charge is -2.28. The van der Waals surface area contributed by atoms with Crippen molar-refractivity contribution in [2.45, 2.75) is 75.6 Å². The van der Waals surface area contributed by atoms with E-state index >= 15 is 0 Å². The molecule has 0 unspecified atom stereocenters. The van der Waals surface area contributed by atoms with Crippen molar-refractivity contribution in [3.63, 3.8) is 0 Å². The topological polar surface area (TPSA) is 153 Å². The van der Waals surface area contributed by atoms with Gasteiger partial charge in [-0.2, -0.15) is 0 Å². The van der Waals surface area contributed by atoms with E-state index in [0.29, 0.717) is 34.5 Å². The Kier molecular flexibility index (Phi) is 11.0. The smallest absolute Gasteiger partial charge is 0.411 e. The normalized spacial score (nSPS) is 16.8. The first-order chi connectivity index (χ1) is 23.8. The lowest BCUT2D eigenvalue weighted by molar-refractivity contribution is -0.130. The van der Waals surface area contributed by atoms with Crippen LogP contribution in [0.5, 0.6) is 11.5 Å². The molecule has 0 spiro atoms. The molecule has 12 nitrogen and oxygen atoms in total. The van der Waals surface area contributed by atoms with Crippen LogP contribution in [-0.4, -0.2) is 73.7 Å². The molecule has 50 heavy (non-hydrogen) atoms. The Morgan fingerprint density at radius 1 is 0.980 bits per heavy atom. The minimum absolute atomic E-state index is 0.0146. The third-order valence-electron chi connectivity index (χ3n) is 8.03. The van der Waals surface area contributed by atoms with E-state index in [1.165, 1.54) is 17.0 Å². The van der Waals surface area contributed by atoms with Gasteiger partial charge in [0.25, 0.3) is 15.9 Å². The van der Waals surface area contributed by atoms with E-state index in [-0.39, 0.29) is 24.3 Å². The van der Waals surface area contributed by atoms with Crippen molar-refractivity contribution in [3.8, 4) is 22.8 Å². The number of pyridine rings is 1. The number of likely N-dealkylation sites (tertiary alicyclic amines) is 1. The number of ether oxygens (including phenoxy) is 3. The maximum Gasteiger partial charge on any atom is 0.411 e. The zero-order chi connectivity index (χ0) is 36.1. The summed E-state index contributed by atoms with van der Waals surface area (Å²) in [5, 5.41) is 3.40. The predicted octanol–water partition coefficient (Wildman–Crippen LogP) is 5.46. The molecule has 3 aromatic carbocycles. The molecule has 1 aliphatic rings. The van der Waals surface area contributed by atoms with Crippen molar-refractivity contribution < 1.29 is 37.0 Å². The molecule has 13 heteroatoms. The van der Waals surface area contributed by atoms with Crippen LogP contribution in [0.1, 0.15) is 47.0 Å². The summed E-state index contributed by atoms with van der Waals surface area (Å²) in [6.45, 7) is 6.99. The molecule has 3 atom stereocenters. The van der Waals surface area contributed by atoms with Gasteiger partial charge in [0.15, 0.2) is 0 Å². The molecule has 264 valence electrons. The predicted molar refractivity (Wildman–Crippen MR) is 188 cm³/mol. The fourth-order valence-electron chi connectivity index (χ4n) is 5.68. The van der Waals surface area contributed by atoms with Gasteiger partial charge in [0.1, 0.15) is 35.3 Å². The van der Waals surface area contributed by atoms with E-state index in [0.717, 1.165) is 5.56 Å². The van der Waals surface area contributed by atoms with Crippen LogP contribution in [0.15, 0.2) is 89.8 Å². The first-order valence-corrected chi connectivity index (χ1v) is 17.9. The van der Waals surface area contributed by atoms with E-state index in [1.54, 1.807) is 52.1 Å². The van der Waals surface area contributed by atoms with Gasteiger partial charge in [-0.3, -0.25) is 14.5 Å². The van der Waals surface area contributed by atoms with Gasteiger partial charge in [0, 0.05) is 29.5 Å². The van der Waals surface area contributed by atoms with E-state index in [2.05, 4.69) is 10.0 Å². The SMILES string of the molecule is CCC[C@H](NC(=O)[C@@H]1C[C@@H](Oc2cc(-c3ccccc3)nc3cc(OC)ccc23)CN1C(=O)OC(C)(C)C)C(=O)NS(=O)(=O)c1ccccc1. The molecular formula is C37H42N4O8S. The molecule has 0 radical (unpaired) electrons. The lowest BCUT2D eigenvalue weighted by atomic mass is 10.1. The first-order valence-electron chi connectivity index (χ1n) is 16.4. The second-order valence-corrected chi connectivity index (χ2v) is 14.7. The number of hydrogen-bond acceptors (Lipinski definition) is 9. The number of rotatable bonds is 11. The Balaban J connectivity index is 1.42. The van der Waals surface area contributed by atoms with Crippen molar-refractivity contribution in [2.75, 3.05) is 13.7 Å². The highest BCUT2D eigenvalue weighted by atomic mass is 32.2. The fourth-order valence-corrected chi connectivity index (χ4v) is 6.72. The van der Waals surface area contributed by atoms with Gasteiger partial charge in [-0.05, 0) is 51.5 Å². The zero-order valence-electron chi connectivity index (χ0n) is 28.7. The number of sulfonamides is 1. The molecule has 2 heterocycles. The number of aromatic nitrogens is 1. The van der Waals surface area contributed by atoms with Crippen LogP contribution >= 0.6 is 0 Å². The van der Waals surface area contributed by atoms with Crippen LogP contribution in [0.4, 0.5) is 4.79 Å². The van der Waals surface area contributed by atoms with Gasteiger partial charge in [-0.25, -0.2) is 22.9 Å². The average molecular weight is 703 g/mol. The summed E-state index contributed by atoms with van der Waals surface area (Å²) in [4.78, 5) is 46.7. The van der Waals surface area contributed by atoms with Crippen molar-refractivity contribution in [3.05, 3.63) is 84.9 Å². The van der Waals surface area contributed by atoms with Gasteiger partial charge in [-0.1, -0.05) is 61.9 Å². The van der Waals surface area contributed by atoms with Crippen LogP contribution in [0, 0.1) is 0 Å². The van der Waals surface area contributed by atoms with Crippen molar-refractivity contribution in [1.29, 1.82) is 0 Å². The molecule has 1 aromatic heterocycles. The van der Waals surface area contributed by atoms with E-state index < -0.39 is 51.7 Å². The molecule has 1 fully saturated rings. The second-order valence-electron chi connectivity index (χ2n) is 13.0. The average Bonchev–Trinajstić information content (AvgIpc) is 3.52. The van der Waals surface area contributed by atoms with E-state index in [1.807, 2.05) is 55.5 Å². The summed E-state index contributed by atoms with van der Waals surface area (Å²) in [6, 6.07) is 22.1. The number of nitrogens with zero attached hydrogens (tertiary/aromatic N) is 2. The standard InChI is InChI=1S/C37H42N4O8S/c1-6-13-29(34(42)40-50(45,46)27-16-11-8-12-17-27)39-35(43)32-21-26(23-41(32)36(44)49-37(2,3)4)48-33-22-30(24-14-9-7-10-15-24)38-31-20-25(47-5)18-19-28(31)33/h7-12,14-20,22,26,29,32H,6,13,21,23H2,1-5H3,(H,39,43)(H,40,42)/t26-,29+,32+/m1/s1. The number of methoxy groups -OCH3 is 1. The molecular weight excluding hydrogens is 660 g/mol. The molecule has 1 saturated heterocycles. The number of fused-ring (bicyclic) bond motifs is 1. The molecule has 3 amide bonds. The molecule has 2 N–H and O–H groups in total. The lowest BCUT2D eigenvalue weighted by Crippen LogP contribution is -2.54. The highest BCUT2D eigenvalue weighted by Gasteiger charge is 2.44. The molecule has 4 aromatic rings. The Hall–Kier alpha value is -5.17. The Labute approximate surface area is 292 Å². The zero-order valence-corrected chi connectivity index (χ0v) is 29.5. The number of carbonyl (C=O) groups is 3. The number of benzene rings is 3. The van der Waals surface area contributed by atoms with E-state index in [4.69, 9.17) is 19.2 Å². The van der Waals surface area contributed by atoms with Crippen LogP contribution in [0.2, 0.25) is 0 Å². The Morgan fingerprint density at radius 3 is 2.30 bits per heavy atom. The summed E-state index contributed by atoms with van der Waals surface area (Å²) in [5.74, 6) is -0.397. The number of nitrogens with one attached hydrogen (secondary N) is 2. The number of amides is 3. The Bertz CT molecular complexity index is 1950. The van der Waals surface area contributed by atoms with Crippen LogP contribution < -0.4 is 19.5 Å². The maximum absolute atomic E-state index is 13.9. The molecule has 1 aliphatic heterocycles. The minimum Gasteiger partial charge on any atom is -0.497 e. The summed E-state index contributed by atoms with van der Waals surface area (Å²) < 4.78 is 45.5. The maximum atomic E-state index is 13.9. The molecule has 0 saturated carbocycles. The molecule has 5 rings (SSSR count). The van der Waals surface area contributed by atoms with Crippen LogP contribution in [0.3, 0.4) is 0 Å². The third-order valence-corrected chi connectivity index (χ3v) is 9.40. The van der Waals surface area contributed by atoms with Gasteiger partial charge < -0.3 is 19.5 Å². The van der Waals surface area contributed by atoms with Crippen LogP contribution in [0.25, 0.3) is 22.2 Å². The van der Waals surface area contributed by atoms with Gasteiger partial charge in [0.05, 0.1) is 29.8 Å². The quantitative estimate of drug-likeness (QED) is 0.208. The van der Waals surface area contributed by atoms with Crippen LogP contribution in [-0.2, 0) is 24.3 Å². The summed E-state index contributed by atoms with van der Waals surface area (Å²) in [7, 11) is -2.61. The van der Waals surface area contributed by atoms with E-state index in [9.17, 15) is 22.8 Å². The highest BCUT2D eigenvalue weighted by Crippen LogP contribution is 2.35. The summed E-state index contributed by atoms with van der Waals surface area (Å²) >= 11 is 0. The van der Waals surface area contributed by atoms with Crippen molar-refractivity contribution in [1.82, 2.24) is 19.9 Å². The van der Waals surface area contributed by atoms with Gasteiger partial charge in [0.2, 0.25) is 5.91 Å². The molecule has 0 bridgehead atoms. The number of carbonyl (C=O) groups excluding carboxylic acids is 3. The second kappa shape index (κ2) is 15.2. The fraction of sp³-hybridized carbons (Fsp3) is 0.351. The molecule has 0 aliphatic carbocycles. The summed E-state index contributed by atoms with van der Waals surface area (Å²) in [5.41, 5.74) is 1.32. The van der Waals surface area contributed by atoms with Gasteiger partial charge >= 0.3 is 6.09 Å². The van der Waals surface area contributed by atoms with Gasteiger partial charge in [-0.15, -0.1) is 0 Å². The number of hydrogen-bond donors (Lipinski definition) is 2. The highest BCUT2D eigenvalue weighted by molar-refractivity contribution is 7.90. The minimum atomic E-state index is -4.18. The summed E-state index contributed by atoms with van der Waals surface area (Å²) in [6.07, 6.45) is -0.656. The van der Waals surface area contributed by atoms with Crippen molar-refractivity contribution in [2.24, 2.45) is 0 Å². The first kappa shape index (κ1) is 36.1.